The molecule has 0 aliphatic heterocycles. The number of anilines is 1. The van der Waals surface area contributed by atoms with Gasteiger partial charge in [0.2, 0.25) is 0 Å². The summed E-state index contributed by atoms with van der Waals surface area (Å²) < 4.78 is 0. The number of benzene rings is 1. The predicted molar refractivity (Wildman–Crippen MR) is 113 cm³/mol. The van der Waals surface area contributed by atoms with Crippen molar-refractivity contribution in [3.63, 3.8) is 0 Å². The van der Waals surface area contributed by atoms with Crippen LogP contribution in [0.1, 0.15) is 15.9 Å². The average Bonchev–Trinajstić information content (AvgIpc) is 2.59. The monoisotopic (exact) mass is 382 g/mol. The summed E-state index contributed by atoms with van der Waals surface area (Å²) in [6.45, 7) is 5.85. The van der Waals surface area contributed by atoms with E-state index >= 15 is 0 Å². The van der Waals surface area contributed by atoms with Gasteiger partial charge in [0.05, 0.1) is 5.56 Å². The molecule has 0 amide bonds. The second kappa shape index (κ2) is 11.4. The van der Waals surface area contributed by atoms with Crippen LogP contribution in [0.4, 0.5) is 5.69 Å². The zero-order valence-electron chi connectivity index (χ0n) is 16.8. The summed E-state index contributed by atoms with van der Waals surface area (Å²) >= 11 is 4.39. The van der Waals surface area contributed by atoms with Crippen LogP contribution >= 0.6 is 12.6 Å². The van der Waals surface area contributed by atoms with E-state index in [1.54, 1.807) is 12.1 Å². The Bertz CT molecular complexity index is 554. The van der Waals surface area contributed by atoms with Gasteiger partial charge in [0.1, 0.15) is 0 Å². The van der Waals surface area contributed by atoms with Crippen LogP contribution in [0.3, 0.4) is 0 Å². The molecule has 6 nitrogen and oxygen atoms in total. The van der Waals surface area contributed by atoms with Crippen molar-refractivity contribution in [2.75, 3.05) is 79.4 Å². The smallest absolute Gasteiger partial charge is 0.335 e. The third-order valence-electron chi connectivity index (χ3n) is 4.39. The summed E-state index contributed by atoms with van der Waals surface area (Å²) in [6.07, 6.45) is 0. The number of carboxylic acid groups (broad SMARTS) is 1. The molecule has 0 fully saturated rings. The number of aromatic carboxylic acids is 1. The average molecular weight is 383 g/mol. The number of thiol groups is 1. The third kappa shape index (κ3) is 7.95. The normalized spacial score (nSPS) is 11.6. The maximum absolute atomic E-state index is 11.3. The first-order chi connectivity index (χ1) is 12.2. The zero-order chi connectivity index (χ0) is 19.7. The second-order valence-corrected chi connectivity index (χ2v) is 7.49. The summed E-state index contributed by atoms with van der Waals surface area (Å²) in [6, 6.07) is 5.25. The highest BCUT2D eigenvalue weighted by Gasteiger charge is 2.13. The van der Waals surface area contributed by atoms with Crippen molar-refractivity contribution >= 4 is 24.3 Å². The van der Waals surface area contributed by atoms with Crippen LogP contribution in [-0.2, 0) is 5.75 Å². The van der Waals surface area contributed by atoms with E-state index in [2.05, 4.69) is 60.4 Å². The van der Waals surface area contributed by atoms with Crippen molar-refractivity contribution in [1.29, 1.82) is 0 Å². The molecule has 0 spiro atoms. The highest BCUT2D eigenvalue weighted by Crippen LogP contribution is 2.23. The molecule has 0 bridgehead atoms. The molecule has 7 heteroatoms. The minimum Gasteiger partial charge on any atom is -0.478 e. The number of hydrogen-bond acceptors (Lipinski definition) is 6. The van der Waals surface area contributed by atoms with Gasteiger partial charge in [-0.2, -0.15) is 12.6 Å². The summed E-state index contributed by atoms with van der Waals surface area (Å²) in [7, 11) is 10.4. The lowest BCUT2D eigenvalue weighted by Crippen LogP contribution is -2.40. The highest BCUT2D eigenvalue weighted by molar-refractivity contribution is 7.79. The van der Waals surface area contributed by atoms with Crippen molar-refractivity contribution < 1.29 is 9.90 Å². The van der Waals surface area contributed by atoms with Crippen LogP contribution in [0.15, 0.2) is 18.2 Å². The van der Waals surface area contributed by atoms with Gasteiger partial charge in [-0.1, -0.05) is 6.07 Å². The first-order valence-corrected chi connectivity index (χ1v) is 9.58. The standard InChI is InChI=1S/C19H34N4O2S/c1-20(2)8-11-23(12-9-21(3)4)13-10-22(5)18-14-16(19(24)25)6-7-17(18)15-26/h6-7,14,26H,8-13,15H2,1-5H3,(H,24,25). The van der Waals surface area contributed by atoms with Gasteiger partial charge < -0.3 is 19.8 Å². The Labute approximate surface area is 163 Å². The molecule has 1 N–H and O–H groups in total. The number of carboxylic acids is 1. The van der Waals surface area contributed by atoms with Gasteiger partial charge in [-0.25, -0.2) is 4.79 Å². The fourth-order valence-electron chi connectivity index (χ4n) is 2.62. The highest BCUT2D eigenvalue weighted by atomic mass is 32.1. The number of carbonyl (C=O) groups is 1. The molecular formula is C19H34N4O2S. The van der Waals surface area contributed by atoms with Crippen LogP contribution in [0, 0.1) is 0 Å². The van der Waals surface area contributed by atoms with Gasteiger partial charge in [0.25, 0.3) is 0 Å². The summed E-state index contributed by atoms with van der Waals surface area (Å²) in [5.74, 6) is -0.311. The van der Waals surface area contributed by atoms with E-state index in [0.717, 1.165) is 50.5 Å². The van der Waals surface area contributed by atoms with E-state index in [-0.39, 0.29) is 0 Å². The number of hydrogen-bond donors (Lipinski definition) is 2. The molecule has 0 saturated carbocycles. The van der Waals surface area contributed by atoms with Gasteiger partial charge in [-0.05, 0) is 45.9 Å². The van der Waals surface area contributed by atoms with Gasteiger partial charge >= 0.3 is 5.97 Å². The van der Waals surface area contributed by atoms with Gasteiger partial charge in [0.15, 0.2) is 0 Å². The first-order valence-electron chi connectivity index (χ1n) is 8.94. The van der Waals surface area contributed by atoms with Crippen molar-refractivity contribution in [3.8, 4) is 0 Å². The molecule has 0 atom stereocenters. The summed E-state index contributed by atoms with van der Waals surface area (Å²) in [5, 5.41) is 9.26. The van der Waals surface area contributed by atoms with Crippen molar-refractivity contribution in [3.05, 3.63) is 29.3 Å². The number of rotatable bonds is 12. The lowest BCUT2D eigenvalue weighted by molar-refractivity contribution is 0.0697. The van der Waals surface area contributed by atoms with Crippen LogP contribution in [-0.4, -0.2) is 100 Å². The molecule has 0 aliphatic carbocycles. The molecular weight excluding hydrogens is 348 g/mol. The molecule has 1 rings (SSSR count). The van der Waals surface area contributed by atoms with Crippen LogP contribution < -0.4 is 4.90 Å². The molecule has 0 heterocycles. The Hall–Kier alpha value is -1.28. The van der Waals surface area contributed by atoms with Crippen molar-refractivity contribution in [2.45, 2.75) is 5.75 Å². The fourth-order valence-corrected chi connectivity index (χ4v) is 2.88. The lowest BCUT2D eigenvalue weighted by atomic mass is 10.1. The van der Waals surface area contributed by atoms with E-state index in [1.165, 1.54) is 0 Å². The Morgan fingerprint density at radius 1 is 0.923 bits per heavy atom. The Morgan fingerprint density at radius 2 is 1.46 bits per heavy atom. The molecule has 26 heavy (non-hydrogen) atoms. The van der Waals surface area contributed by atoms with Gasteiger partial charge in [-0.15, -0.1) is 0 Å². The van der Waals surface area contributed by atoms with Crippen molar-refractivity contribution in [2.24, 2.45) is 0 Å². The zero-order valence-corrected chi connectivity index (χ0v) is 17.7. The van der Waals surface area contributed by atoms with E-state index in [0.29, 0.717) is 11.3 Å². The van der Waals surface area contributed by atoms with Gasteiger partial charge in [0, 0.05) is 57.8 Å². The Kier molecular flexibility index (Phi) is 10.0. The molecule has 1 aromatic rings. The maximum Gasteiger partial charge on any atom is 0.335 e. The molecule has 1 aromatic carbocycles. The van der Waals surface area contributed by atoms with Crippen LogP contribution in [0.5, 0.6) is 0 Å². The van der Waals surface area contributed by atoms with E-state index in [4.69, 9.17) is 0 Å². The SMILES string of the molecule is CN(C)CCN(CCN(C)C)CCN(C)c1cc(C(=O)O)ccc1CS. The summed E-state index contributed by atoms with van der Waals surface area (Å²) in [4.78, 5) is 20.3. The topological polar surface area (TPSA) is 50.3 Å². The third-order valence-corrected chi connectivity index (χ3v) is 4.73. The molecule has 0 aliphatic rings. The molecule has 0 saturated heterocycles. The number of likely N-dealkylation sites (N-methyl/N-ethyl adjacent to an activating group) is 3. The van der Waals surface area contributed by atoms with E-state index in [9.17, 15) is 9.90 Å². The van der Waals surface area contributed by atoms with E-state index < -0.39 is 5.97 Å². The Morgan fingerprint density at radius 3 is 1.92 bits per heavy atom. The lowest BCUT2D eigenvalue weighted by Gasteiger charge is -2.29. The number of nitrogens with zero attached hydrogens (tertiary/aromatic N) is 4. The maximum atomic E-state index is 11.3. The van der Waals surface area contributed by atoms with Crippen LogP contribution in [0.25, 0.3) is 0 Å². The molecule has 0 unspecified atom stereocenters. The van der Waals surface area contributed by atoms with E-state index in [1.807, 2.05) is 13.1 Å². The van der Waals surface area contributed by atoms with Crippen LogP contribution in [0.2, 0.25) is 0 Å². The van der Waals surface area contributed by atoms with Gasteiger partial charge in [-0.3, -0.25) is 4.90 Å². The molecule has 148 valence electrons. The molecule has 0 radical (unpaired) electrons. The summed E-state index contributed by atoms with van der Waals surface area (Å²) in [5.41, 5.74) is 2.31. The Balaban J connectivity index is 2.77. The largest absolute Gasteiger partial charge is 0.478 e. The second-order valence-electron chi connectivity index (χ2n) is 7.18. The minimum absolute atomic E-state index is 0.314. The fraction of sp³-hybridized carbons (Fsp3) is 0.632. The minimum atomic E-state index is -0.899. The quantitative estimate of drug-likeness (QED) is 0.537. The first kappa shape index (κ1) is 22.8. The molecule has 0 aromatic heterocycles. The predicted octanol–water partition coefficient (Wildman–Crippen LogP) is 1.68. The van der Waals surface area contributed by atoms with Crippen molar-refractivity contribution in [1.82, 2.24) is 14.7 Å².